The Morgan fingerprint density at radius 1 is 0.760 bits per heavy atom. The van der Waals surface area contributed by atoms with Gasteiger partial charge < -0.3 is 4.74 Å². The van der Waals surface area contributed by atoms with E-state index in [0.717, 1.165) is 43.4 Å². The molecule has 2 nitrogen and oxygen atoms in total. The monoisotopic (exact) mass is 689 g/mol. The minimum absolute atomic E-state index is 0.0195. The van der Waals surface area contributed by atoms with Crippen molar-refractivity contribution in [1.82, 2.24) is 0 Å². The Kier molecular flexibility index (Phi) is 13.1. The van der Waals surface area contributed by atoms with Gasteiger partial charge in [0, 0.05) is 11.8 Å². The summed E-state index contributed by atoms with van der Waals surface area (Å²) < 4.78 is 6.41. The van der Waals surface area contributed by atoms with Crippen LogP contribution in [0.3, 0.4) is 0 Å². The molecular formula is C48H80O2. The first-order valence-corrected chi connectivity index (χ1v) is 21.9. The lowest BCUT2D eigenvalue weighted by Gasteiger charge is -2.71. The molecule has 2 heteroatoms. The third-order valence-electron chi connectivity index (χ3n) is 16.9. The molecule has 0 aromatic rings. The Morgan fingerprint density at radius 3 is 2.16 bits per heavy atom. The van der Waals surface area contributed by atoms with Crippen molar-refractivity contribution >= 4 is 5.97 Å². The topological polar surface area (TPSA) is 26.3 Å². The molecule has 284 valence electrons. The van der Waals surface area contributed by atoms with E-state index in [0.29, 0.717) is 39.9 Å². The molecule has 0 amide bonds. The summed E-state index contributed by atoms with van der Waals surface area (Å²) in [5.41, 5.74) is 3.36. The number of hydrogen-bond acceptors (Lipinski definition) is 2. The molecule has 0 spiro atoms. The van der Waals surface area contributed by atoms with E-state index in [4.69, 9.17) is 4.74 Å². The molecule has 4 fully saturated rings. The molecule has 10 atom stereocenters. The lowest BCUT2D eigenvalue weighted by atomic mass is 9.33. The maximum Gasteiger partial charge on any atom is 0.306 e. The molecule has 0 aliphatic heterocycles. The fourth-order valence-electron chi connectivity index (χ4n) is 13.3. The van der Waals surface area contributed by atoms with Crippen molar-refractivity contribution in [2.75, 3.05) is 0 Å². The zero-order valence-electron chi connectivity index (χ0n) is 34.5. The van der Waals surface area contributed by atoms with E-state index in [9.17, 15) is 4.79 Å². The Bertz CT molecular complexity index is 1220. The number of fused-ring (bicyclic) bond motifs is 7. The maximum atomic E-state index is 13.2. The number of ether oxygens (including phenoxy) is 1. The Balaban J connectivity index is 1.10. The largest absolute Gasteiger partial charge is 0.462 e. The fourth-order valence-corrected chi connectivity index (χ4v) is 13.3. The summed E-state index contributed by atoms with van der Waals surface area (Å²) in [6.07, 6.45) is 37.8. The van der Waals surface area contributed by atoms with Gasteiger partial charge in [-0.1, -0.05) is 130 Å². The summed E-state index contributed by atoms with van der Waals surface area (Å²) >= 11 is 0. The van der Waals surface area contributed by atoms with E-state index in [2.05, 4.69) is 92.7 Å². The first-order valence-electron chi connectivity index (χ1n) is 21.9. The highest BCUT2D eigenvalue weighted by atomic mass is 16.5. The Labute approximate surface area is 310 Å². The van der Waals surface area contributed by atoms with E-state index >= 15 is 0 Å². The van der Waals surface area contributed by atoms with Crippen molar-refractivity contribution in [3.63, 3.8) is 0 Å². The third-order valence-corrected chi connectivity index (χ3v) is 16.9. The zero-order chi connectivity index (χ0) is 36.2. The molecule has 0 heterocycles. The molecule has 0 aromatic carbocycles. The molecule has 0 radical (unpaired) electrons. The van der Waals surface area contributed by atoms with Gasteiger partial charge >= 0.3 is 5.97 Å². The fraction of sp³-hybridized carbons (Fsp3) is 0.854. The lowest BCUT2D eigenvalue weighted by molar-refractivity contribution is -0.213. The van der Waals surface area contributed by atoms with Crippen molar-refractivity contribution in [3.8, 4) is 0 Å². The third kappa shape index (κ3) is 7.68. The second kappa shape index (κ2) is 16.4. The molecule has 0 aromatic heterocycles. The van der Waals surface area contributed by atoms with Crippen LogP contribution in [0.4, 0.5) is 0 Å². The second-order valence-corrected chi connectivity index (χ2v) is 20.1. The second-order valence-electron chi connectivity index (χ2n) is 20.1. The zero-order valence-corrected chi connectivity index (χ0v) is 34.5. The number of unbranched alkanes of at least 4 members (excludes halogenated alkanes) is 8. The van der Waals surface area contributed by atoms with E-state index in [-0.39, 0.29) is 17.5 Å². The number of allylic oxidation sites excluding steroid dienone is 6. The quantitative estimate of drug-likeness (QED) is 0.0972. The number of hydrogen-bond donors (Lipinski definition) is 0. The molecule has 10 unspecified atom stereocenters. The van der Waals surface area contributed by atoms with Crippen molar-refractivity contribution < 1.29 is 9.53 Å². The predicted octanol–water partition coefficient (Wildman–Crippen LogP) is 14.4. The number of rotatable bonds is 15. The van der Waals surface area contributed by atoms with Crippen LogP contribution in [0, 0.1) is 56.7 Å². The molecular weight excluding hydrogens is 609 g/mol. The van der Waals surface area contributed by atoms with Crippen LogP contribution in [0.15, 0.2) is 36.0 Å². The summed E-state index contributed by atoms with van der Waals surface area (Å²) in [5, 5.41) is 0. The van der Waals surface area contributed by atoms with Gasteiger partial charge in [-0.2, -0.15) is 0 Å². The highest BCUT2D eigenvalue weighted by Crippen LogP contribution is 2.75. The van der Waals surface area contributed by atoms with E-state index in [1.54, 1.807) is 0 Å². The van der Waals surface area contributed by atoms with Gasteiger partial charge in [0.1, 0.15) is 6.10 Å². The summed E-state index contributed by atoms with van der Waals surface area (Å²) in [4.78, 5) is 13.2. The molecule has 0 saturated heterocycles. The Hall–Kier alpha value is -1.31. The average molecular weight is 689 g/mol. The van der Waals surface area contributed by atoms with E-state index in [1.807, 2.05) is 5.57 Å². The van der Waals surface area contributed by atoms with Crippen LogP contribution in [0.25, 0.3) is 0 Å². The van der Waals surface area contributed by atoms with Crippen molar-refractivity contribution in [3.05, 3.63) is 36.0 Å². The van der Waals surface area contributed by atoms with Crippen LogP contribution in [0.5, 0.6) is 0 Å². The van der Waals surface area contributed by atoms with Crippen LogP contribution in [-0.2, 0) is 9.53 Å². The highest BCUT2D eigenvalue weighted by Gasteiger charge is 2.68. The predicted molar refractivity (Wildman–Crippen MR) is 214 cm³/mol. The van der Waals surface area contributed by atoms with Crippen molar-refractivity contribution in [1.29, 1.82) is 0 Å². The molecule has 5 rings (SSSR count). The molecule has 4 saturated carbocycles. The Morgan fingerprint density at radius 2 is 1.44 bits per heavy atom. The maximum absolute atomic E-state index is 13.2. The van der Waals surface area contributed by atoms with Gasteiger partial charge in [0.15, 0.2) is 0 Å². The average Bonchev–Trinajstić information content (AvgIpc) is 3.07. The van der Waals surface area contributed by atoms with Crippen LogP contribution in [0.1, 0.15) is 197 Å². The highest BCUT2D eigenvalue weighted by molar-refractivity contribution is 5.69. The smallest absolute Gasteiger partial charge is 0.306 e. The van der Waals surface area contributed by atoms with Crippen molar-refractivity contribution in [2.45, 2.75) is 203 Å². The summed E-state index contributed by atoms with van der Waals surface area (Å²) in [6.45, 7) is 23.1. The van der Waals surface area contributed by atoms with Gasteiger partial charge in [-0.15, -0.1) is 0 Å². The number of carbonyl (C=O) groups is 1. The van der Waals surface area contributed by atoms with Gasteiger partial charge in [0.2, 0.25) is 0 Å². The van der Waals surface area contributed by atoms with Crippen molar-refractivity contribution in [2.24, 2.45) is 56.7 Å². The number of carbonyl (C=O) groups excluding carboxylic acids is 1. The van der Waals surface area contributed by atoms with Crippen LogP contribution in [-0.4, -0.2) is 12.1 Å². The first-order chi connectivity index (χ1) is 23.7. The van der Waals surface area contributed by atoms with Gasteiger partial charge in [-0.3, -0.25) is 4.79 Å². The van der Waals surface area contributed by atoms with Gasteiger partial charge in [0.05, 0.1) is 0 Å². The first kappa shape index (κ1) is 39.9. The molecule has 5 aliphatic carbocycles. The van der Waals surface area contributed by atoms with E-state index in [1.165, 1.54) is 103 Å². The van der Waals surface area contributed by atoms with E-state index < -0.39 is 0 Å². The normalized spacial score (nSPS) is 40.9. The van der Waals surface area contributed by atoms with Gasteiger partial charge in [-0.05, 0) is 148 Å². The summed E-state index contributed by atoms with van der Waals surface area (Å²) in [7, 11) is 0. The minimum atomic E-state index is 0.0195. The lowest BCUT2D eigenvalue weighted by Crippen LogP contribution is -2.65. The molecule has 5 aliphatic rings. The van der Waals surface area contributed by atoms with Gasteiger partial charge in [0.25, 0.3) is 0 Å². The van der Waals surface area contributed by atoms with Crippen LogP contribution in [0.2, 0.25) is 0 Å². The number of esters is 1. The molecule has 0 N–H and O–H groups in total. The molecule has 50 heavy (non-hydrogen) atoms. The SMILES string of the molecule is CCCCCC=CCC=CCCCCCCCC(=O)OC1CCC2(C)C(CCC3(C)C2CC=C2C4C(C)C(C)CCC4(C)CCC23C)C1(C)C. The standard InChI is InChI=1S/C48H80O2/c1-10-11-12-13-14-15-16-17-18-19-20-21-22-23-24-25-42(49)50-41-30-32-46(7)39(44(41,4)5)29-33-48(9)40(46)27-26-38-43-37(3)36(2)28-31-45(43,6)34-35-47(38,48)8/h14-15,17-18,26,36-37,39-41,43H,10-13,16,19-25,27-35H2,1-9H3. The summed E-state index contributed by atoms with van der Waals surface area (Å²) in [5.74, 6) is 3.77. The minimum Gasteiger partial charge on any atom is -0.462 e. The van der Waals surface area contributed by atoms with Gasteiger partial charge in [-0.25, -0.2) is 0 Å². The van der Waals surface area contributed by atoms with Crippen LogP contribution < -0.4 is 0 Å². The van der Waals surface area contributed by atoms with Crippen LogP contribution >= 0.6 is 0 Å². The molecule has 0 bridgehead atoms. The summed E-state index contributed by atoms with van der Waals surface area (Å²) in [6, 6.07) is 0.